The molecule has 9 heteroatoms. The van der Waals surface area contributed by atoms with Gasteiger partial charge in [-0.2, -0.15) is 4.72 Å². The summed E-state index contributed by atoms with van der Waals surface area (Å²) in [4.78, 5) is 12.5. The van der Waals surface area contributed by atoms with Gasteiger partial charge in [-0.15, -0.1) is 0 Å². The molecule has 1 atom stereocenters. The number of hydrogen-bond acceptors (Lipinski definition) is 4. The Morgan fingerprint density at radius 3 is 2.19 bits per heavy atom. The van der Waals surface area contributed by atoms with Crippen LogP contribution in [0.4, 0.5) is 14.5 Å². The monoisotopic (exact) mass is 398 g/mol. The maximum atomic E-state index is 13.3. The predicted octanol–water partition coefficient (Wildman–Crippen LogP) is 2.92. The third kappa shape index (κ3) is 5.24. The van der Waals surface area contributed by atoms with Crippen LogP contribution in [-0.4, -0.2) is 27.5 Å². The fraction of sp³-hybridized carbons (Fsp3) is 0.278. The van der Waals surface area contributed by atoms with Crippen LogP contribution < -0.4 is 14.8 Å². The number of anilines is 1. The van der Waals surface area contributed by atoms with Crippen LogP contribution in [0.1, 0.15) is 13.8 Å². The lowest BCUT2D eigenvalue weighted by atomic mass is 10.0. The third-order valence-corrected chi connectivity index (χ3v) is 5.25. The van der Waals surface area contributed by atoms with Crippen molar-refractivity contribution in [2.75, 3.05) is 12.4 Å². The van der Waals surface area contributed by atoms with Gasteiger partial charge in [0.25, 0.3) is 0 Å². The van der Waals surface area contributed by atoms with Gasteiger partial charge in [0.05, 0.1) is 12.0 Å². The number of halogens is 2. The van der Waals surface area contributed by atoms with E-state index in [-0.39, 0.29) is 10.6 Å². The molecule has 0 bridgehead atoms. The van der Waals surface area contributed by atoms with Crippen molar-refractivity contribution in [2.45, 2.75) is 24.8 Å². The lowest BCUT2D eigenvalue weighted by molar-refractivity contribution is -0.118. The summed E-state index contributed by atoms with van der Waals surface area (Å²) >= 11 is 0. The number of hydrogen-bond donors (Lipinski definition) is 2. The topological polar surface area (TPSA) is 84.5 Å². The molecule has 0 aromatic heterocycles. The minimum Gasteiger partial charge on any atom is -0.497 e. The van der Waals surface area contributed by atoms with Crippen molar-refractivity contribution >= 4 is 21.6 Å². The molecular weight excluding hydrogens is 378 g/mol. The third-order valence-electron chi connectivity index (χ3n) is 3.79. The van der Waals surface area contributed by atoms with Crippen molar-refractivity contribution in [3.8, 4) is 5.75 Å². The number of methoxy groups -OCH3 is 1. The maximum Gasteiger partial charge on any atom is 0.242 e. The number of carbonyl (C=O) groups excluding carboxylic acids is 1. The van der Waals surface area contributed by atoms with E-state index in [0.717, 1.165) is 12.1 Å². The molecule has 0 saturated heterocycles. The molecule has 0 aliphatic heterocycles. The van der Waals surface area contributed by atoms with Gasteiger partial charge >= 0.3 is 0 Å². The summed E-state index contributed by atoms with van der Waals surface area (Å²) in [6.07, 6.45) is 0. The summed E-state index contributed by atoms with van der Waals surface area (Å²) in [5.74, 6) is -2.76. The van der Waals surface area contributed by atoms with Gasteiger partial charge in [0, 0.05) is 11.8 Å². The highest BCUT2D eigenvalue weighted by Gasteiger charge is 2.28. The van der Waals surface area contributed by atoms with E-state index in [1.165, 1.54) is 37.4 Å². The molecule has 0 fully saturated rings. The lowest BCUT2D eigenvalue weighted by Gasteiger charge is -2.21. The highest BCUT2D eigenvalue weighted by Crippen LogP contribution is 2.18. The zero-order valence-electron chi connectivity index (χ0n) is 15.0. The van der Waals surface area contributed by atoms with Gasteiger partial charge in [-0.3, -0.25) is 4.79 Å². The first-order valence-corrected chi connectivity index (χ1v) is 9.54. The first kappa shape index (κ1) is 20.8. The molecule has 2 aromatic carbocycles. The van der Waals surface area contributed by atoms with Crippen LogP contribution >= 0.6 is 0 Å². The Bertz CT molecular complexity index is 915. The molecule has 0 saturated carbocycles. The standard InChI is InChI=1S/C18H20F2N2O4S/c1-11(2)17(18(23)21-12-4-9-15(19)16(20)10-12)22-27(24,25)14-7-5-13(26-3)6-8-14/h4-11,17,22H,1-3H3,(H,21,23). The Morgan fingerprint density at radius 1 is 1.04 bits per heavy atom. The van der Waals surface area contributed by atoms with Crippen molar-refractivity contribution in [1.29, 1.82) is 0 Å². The molecule has 2 N–H and O–H groups in total. The fourth-order valence-corrected chi connectivity index (χ4v) is 3.62. The molecule has 1 unspecified atom stereocenters. The highest BCUT2D eigenvalue weighted by molar-refractivity contribution is 7.89. The molecule has 0 heterocycles. The summed E-state index contributed by atoms with van der Waals surface area (Å²) in [6.45, 7) is 3.32. The normalized spacial score (nSPS) is 12.7. The van der Waals surface area contributed by atoms with Gasteiger partial charge in [-0.1, -0.05) is 13.8 Å². The minimum atomic E-state index is -3.98. The van der Waals surface area contributed by atoms with E-state index in [1.54, 1.807) is 13.8 Å². The van der Waals surface area contributed by atoms with E-state index in [2.05, 4.69) is 10.0 Å². The molecule has 2 aromatic rings. The predicted molar refractivity (Wildman–Crippen MR) is 96.9 cm³/mol. The summed E-state index contributed by atoms with van der Waals surface area (Å²) in [5.41, 5.74) is 0.0215. The van der Waals surface area contributed by atoms with Crippen molar-refractivity contribution < 1.29 is 26.7 Å². The van der Waals surface area contributed by atoms with Gasteiger partial charge in [-0.05, 0) is 42.3 Å². The number of rotatable bonds is 7. The van der Waals surface area contributed by atoms with Crippen LogP contribution in [0, 0.1) is 17.6 Å². The summed E-state index contributed by atoms with van der Waals surface area (Å²) in [6, 6.07) is 7.44. The van der Waals surface area contributed by atoms with E-state index in [4.69, 9.17) is 4.74 Å². The average Bonchev–Trinajstić information content (AvgIpc) is 2.62. The quantitative estimate of drug-likeness (QED) is 0.751. The SMILES string of the molecule is COc1ccc(S(=O)(=O)NC(C(=O)Nc2ccc(F)c(F)c2)C(C)C)cc1. The van der Waals surface area contributed by atoms with Gasteiger partial charge < -0.3 is 10.1 Å². The number of nitrogens with one attached hydrogen (secondary N) is 2. The summed E-state index contributed by atoms with van der Waals surface area (Å²) in [7, 11) is -2.52. The Balaban J connectivity index is 2.20. The Labute approximate surface area is 156 Å². The Kier molecular flexibility index (Phi) is 6.50. The van der Waals surface area contributed by atoms with Crippen molar-refractivity contribution in [3.05, 3.63) is 54.1 Å². The molecule has 0 aliphatic carbocycles. The first-order valence-electron chi connectivity index (χ1n) is 8.06. The smallest absolute Gasteiger partial charge is 0.242 e. The summed E-state index contributed by atoms with van der Waals surface area (Å²) < 4.78 is 58.7. The molecule has 0 radical (unpaired) electrons. The van der Waals surface area contributed by atoms with Crippen LogP contribution in [0.25, 0.3) is 0 Å². The number of ether oxygens (including phenoxy) is 1. The van der Waals surface area contributed by atoms with E-state index in [9.17, 15) is 22.0 Å². The van der Waals surface area contributed by atoms with Gasteiger partial charge in [0.15, 0.2) is 11.6 Å². The molecule has 2 rings (SSSR count). The molecule has 0 aliphatic rings. The molecule has 27 heavy (non-hydrogen) atoms. The second kappa shape index (κ2) is 8.45. The maximum absolute atomic E-state index is 13.3. The lowest BCUT2D eigenvalue weighted by Crippen LogP contribution is -2.47. The molecule has 6 nitrogen and oxygen atoms in total. The first-order chi connectivity index (χ1) is 12.6. The van der Waals surface area contributed by atoms with Crippen LogP contribution in [0.5, 0.6) is 5.75 Å². The largest absolute Gasteiger partial charge is 0.497 e. The highest BCUT2D eigenvalue weighted by atomic mass is 32.2. The Morgan fingerprint density at radius 2 is 1.67 bits per heavy atom. The number of sulfonamides is 1. The van der Waals surface area contributed by atoms with Crippen LogP contribution in [0.2, 0.25) is 0 Å². The van der Waals surface area contributed by atoms with E-state index in [1.807, 2.05) is 0 Å². The van der Waals surface area contributed by atoms with E-state index >= 15 is 0 Å². The van der Waals surface area contributed by atoms with E-state index < -0.39 is 39.5 Å². The van der Waals surface area contributed by atoms with Crippen LogP contribution in [0.3, 0.4) is 0 Å². The number of carbonyl (C=O) groups is 1. The van der Waals surface area contributed by atoms with E-state index in [0.29, 0.717) is 5.75 Å². The van der Waals surface area contributed by atoms with Crippen molar-refractivity contribution in [3.63, 3.8) is 0 Å². The molecule has 146 valence electrons. The molecular formula is C18H20F2N2O4S. The Hall–Kier alpha value is -2.52. The minimum absolute atomic E-state index is 0.0215. The second-order valence-electron chi connectivity index (χ2n) is 6.14. The number of benzene rings is 2. The zero-order chi connectivity index (χ0) is 20.2. The second-order valence-corrected chi connectivity index (χ2v) is 7.85. The van der Waals surface area contributed by atoms with Crippen molar-refractivity contribution in [2.24, 2.45) is 5.92 Å². The fourth-order valence-electron chi connectivity index (χ4n) is 2.28. The molecule has 1 amide bonds. The van der Waals surface area contributed by atoms with Crippen LogP contribution in [-0.2, 0) is 14.8 Å². The number of amides is 1. The average molecular weight is 398 g/mol. The van der Waals surface area contributed by atoms with Crippen LogP contribution in [0.15, 0.2) is 47.4 Å². The van der Waals surface area contributed by atoms with Gasteiger partial charge in [0.2, 0.25) is 15.9 Å². The van der Waals surface area contributed by atoms with Gasteiger partial charge in [0.1, 0.15) is 11.8 Å². The van der Waals surface area contributed by atoms with Gasteiger partial charge in [-0.25, -0.2) is 17.2 Å². The van der Waals surface area contributed by atoms with Crippen molar-refractivity contribution in [1.82, 2.24) is 4.72 Å². The summed E-state index contributed by atoms with van der Waals surface area (Å²) in [5, 5.41) is 2.39. The molecule has 0 spiro atoms. The zero-order valence-corrected chi connectivity index (χ0v) is 15.8.